The first-order chi connectivity index (χ1) is 9.92. The van der Waals surface area contributed by atoms with Crippen molar-refractivity contribution in [3.63, 3.8) is 0 Å². The summed E-state index contributed by atoms with van der Waals surface area (Å²) in [6.07, 6.45) is 2.82. The van der Waals surface area contributed by atoms with Crippen molar-refractivity contribution in [1.29, 1.82) is 0 Å². The summed E-state index contributed by atoms with van der Waals surface area (Å²) in [5.41, 5.74) is 0.963. The molecule has 7 nitrogen and oxygen atoms in total. The molecule has 0 spiro atoms. The molecule has 112 valence electrons. The molecule has 0 radical (unpaired) electrons. The van der Waals surface area contributed by atoms with Crippen LogP contribution in [0.15, 0.2) is 41.6 Å². The number of benzene rings is 1. The number of likely N-dealkylation sites (N-methyl/N-ethyl adjacent to an activating group) is 1. The maximum atomic E-state index is 12.3. The first-order valence-corrected chi connectivity index (χ1v) is 7.72. The summed E-state index contributed by atoms with van der Waals surface area (Å²) < 4.78 is 28.4. The van der Waals surface area contributed by atoms with Gasteiger partial charge in [-0.3, -0.25) is 14.2 Å². The van der Waals surface area contributed by atoms with Crippen molar-refractivity contribution in [3.05, 3.63) is 42.2 Å². The molecule has 1 heterocycles. The second-order valence-corrected chi connectivity index (χ2v) is 6.12. The lowest BCUT2D eigenvalue weighted by Gasteiger charge is -2.08. The molecule has 1 amide bonds. The number of aryl methyl sites for hydroxylation is 1. The van der Waals surface area contributed by atoms with Gasteiger partial charge in [0.05, 0.1) is 16.8 Å². The zero-order chi connectivity index (χ0) is 15.5. The molecule has 2 rings (SSSR count). The van der Waals surface area contributed by atoms with E-state index in [1.165, 1.54) is 30.2 Å². The lowest BCUT2D eigenvalue weighted by Crippen LogP contribution is -2.23. The minimum Gasteiger partial charge on any atom is -0.358 e. The van der Waals surface area contributed by atoms with Crippen LogP contribution >= 0.6 is 0 Å². The van der Waals surface area contributed by atoms with E-state index in [2.05, 4.69) is 15.1 Å². The second kappa shape index (κ2) is 5.96. The molecule has 0 unspecified atom stereocenters. The Bertz CT molecular complexity index is 752. The average Bonchev–Trinajstić information content (AvgIpc) is 2.85. The number of hydrogen-bond donors (Lipinski definition) is 2. The Hall–Kier alpha value is -2.35. The van der Waals surface area contributed by atoms with Crippen LogP contribution in [0.4, 0.5) is 5.69 Å². The quantitative estimate of drug-likeness (QED) is 0.852. The summed E-state index contributed by atoms with van der Waals surface area (Å²) in [5.74, 6) is -0.216. The van der Waals surface area contributed by atoms with Crippen molar-refractivity contribution < 1.29 is 13.2 Å². The van der Waals surface area contributed by atoms with E-state index in [1.54, 1.807) is 25.1 Å². The summed E-state index contributed by atoms with van der Waals surface area (Å²) in [7, 11) is -2.15. The third kappa shape index (κ3) is 3.60. The highest BCUT2D eigenvalue weighted by Gasteiger charge is 2.17. The summed E-state index contributed by atoms with van der Waals surface area (Å²) in [6, 6.07) is 6.70. The Kier molecular flexibility index (Phi) is 4.27. The zero-order valence-electron chi connectivity index (χ0n) is 11.7. The number of aromatic nitrogens is 2. The fraction of sp³-hybridized carbons (Fsp3) is 0.231. The molecule has 0 fully saturated rings. The van der Waals surface area contributed by atoms with Crippen LogP contribution < -0.4 is 10.0 Å². The number of anilines is 1. The van der Waals surface area contributed by atoms with Crippen molar-refractivity contribution in [2.45, 2.75) is 18.4 Å². The zero-order valence-corrected chi connectivity index (χ0v) is 12.5. The Labute approximate surface area is 123 Å². The maximum absolute atomic E-state index is 12.3. The molecule has 0 aliphatic rings. The smallest absolute Gasteiger partial charge is 0.262 e. The van der Waals surface area contributed by atoms with Gasteiger partial charge in [0, 0.05) is 13.2 Å². The fourth-order valence-electron chi connectivity index (χ4n) is 1.80. The van der Waals surface area contributed by atoms with Gasteiger partial charge >= 0.3 is 0 Å². The standard InChI is InChI=1S/C13H16N4O3S/c1-10-5-3-4-6-12(10)21(19,20)16-11-7-15-17(8-11)9-13(18)14-2/h3-8,16H,9H2,1-2H3,(H,14,18). The number of nitrogens with zero attached hydrogens (tertiary/aromatic N) is 2. The molecule has 0 bridgehead atoms. The van der Waals surface area contributed by atoms with Gasteiger partial charge in [-0.2, -0.15) is 5.10 Å². The van der Waals surface area contributed by atoms with E-state index in [1.807, 2.05) is 0 Å². The molecule has 0 aliphatic heterocycles. The molecule has 0 saturated heterocycles. The highest BCUT2D eigenvalue weighted by atomic mass is 32.2. The summed E-state index contributed by atoms with van der Waals surface area (Å²) >= 11 is 0. The van der Waals surface area contributed by atoms with Crippen LogP contribution in [0.5, 0.6) is 0 Å². The molecule has 0 aliphatic carbocycles. The Morgan fingerprint density at radius 1 is 1.33 bits per heavy atom. The van der Waals surface area contributed by atoms with E-state index in [0.29, 0.717) is 11.3 Å². The van der Waals surface area contributed by atoms with E-state index in [9.17, 15) is 13.2 Å². The minimum absolute atomic E-state index is 0.0303. The third-order valence-electron chi connectivity index (χ3n) is 2.85. The van der Waals surface area contributed by atoms with Crippen LogP contribution in [0.25, 0.3) is 0 Å². The average molecular weight is 308 g/mol. The number of nitrogens with one attached hydrogen (secondary N) is 2. The predicted octanol–water partition coefficient (Wildman–Crippen LogP) is 0.738. The first-order valence-electron chi connectivity index (χ1n) is 6.24. The number of amides is 1. The van der Waals surface area contributed by atoms with Gasteiger partial charge < -0.3 is 5.32 Å². The van der Waals surface area contributed by atoms with Crippen molar-refractivity contribution in [2.24, 2.45) is 0 Å². The molecule has 2 aromatic rings. The lowest BCUT2D eigenvalue weighted by molar-refractivity contribution is -0.121. The monoisotopic (exact) mass is 308 g/mol. The molecule has 8 heteroatoms. The molecule has 1 aromatic carbocycles. The summed E-state index contributed by atoms with van der Waals surface area (Å²) in [4.78, 5) is 11.4. The van der Waals surface area contributed by atoms with Crippen molar-refractivity contribution in [2.75, 3.05) is 11.8 Å². The first kappa shape index (κ1) is 15.0. The number of carbonyl (C=O) groups is 1. The second-order valence-electron chi connectivity index (χ2n) is 4.47. The van der Waals surface area contributed by atoms with Gasteiger partial charge in [-0.1, -0.05) is 18.2 Å². The van der Waals surface area contributed by atoms with E-state index >= 15 is 0 Å². The van der Waals surface area contributed by atoms with Crippen molar-refractivity contribution in [3.8, 4) is 0 Å². The van der Waals surface area contributed by atoms with E-state index < -0.39 is 10.0 Å². The molecule has 0 atom stereocenters. The van der Waals surface area contributed by atoms with Crippen LogP contribution in [0.2, 0.25) is 0 Å². The van der Waals surface area contributed by atoms with E-state index in [4.69, 9.17) is 0 Å². The molecule has 1 aromatic heterocycles. The van der Waals surface area contributed by atoms with Crippen molar-refractivity contribution >= 4 is 21.6 Å². The summed E-state index contributed by atoms with van der Waals surface area (Å²) in [5, 5.41) is 6.40. The highest BCUT2D eigenvalue weighted by Crippen LogP contribution is 2.18. The number of carbonyl (C=O) groups excluding carboxylic acids is 1. The van der Waals surface area contributed by atoms with E-state index in [-0.39, 0.29) is 17.3 Å². The Morgan fingerprint density at radius 2 is 2.05 bits per heavy atom. The maximum Gasteiger partial charge on any atom is 0.262 e. The van der Waals surface area contributed by atoms with Gasteiger partial charge in [-0.05, 0) is 18.6 Å². The van der Waals surface area contributed by atoms with Gasteiger partial charge in [0.25, 0.3) is 10.0 Å². The molecule has 2 N–H and O–H groups in total. The van der Waals surface area contributed by atoms with Gasteiger partial charge in [0.15, 0.2) is 0 Å². The topological polar surface area (TPSA) is 93.1 Å². The SMILES string of the molecule is CNC(=O)Cn1cc(NS(=O)(=O)c2ccccc2C)cn1. The predicted molar refractivity (Wildman–Crippen MR) is 78.3 cm³/mol. The highest BCUT2D eigenvalue weighted by molar-refractivity contribution is 7.92. The largest absolute Gasteiger partial charge is 0.358 e. The Morgan fingerprint density at radius 3 is 2.71 bits per heavy atom. The van der Waals surface area contributed by atoms with Crippen LogP contribution in [-0.4, -0.2) is 31.2 Å². The molecular weight excluding hydrogens is 292 g/mol. The minimum atomic E-state index is -3.67. The van der Waals surface area contributed by atoms with Crippen LogP contribution in [-0.2, 0) is 21.4 Å². The molecule has 21 heavy (non-hydrogen) atoms. The van der Waals surface area contributed by atoms with E-state index in [0.717, 1.165) is 0 Å². The van der Waals surface area contributed by atoms with Crippen LogP contribution in [0.1, 0.15) is 5.56 Å². The van der Waals surface area contributed by atoms with Gasteiger partial charge in [0.2, 0.25) is 5.91 Å². The molecular formula is C13H16N4O3S. The van der Waals surface area contributed by atoms with Gasteiger partial charge in [0.1, 0.15) is 6.54 Å². The van der Waals surface area contributed by atoms with Crippen molar-refractivity contribution in [1.82, 2.24) is 15.1 Å². The Balaban J connectivity index is 2.18. The van der Waals surface area contributed by atoms with Gasteiger partial charge in [-0.25, -0.2) is 8.42 Å². The number of hydrogen-bond acceptors (Lipinski definition) is 4. The third-order valence-corrected chi connectivity index (χ3v) is 4.39. The summed E-state index contributed by atoms with van der Waals surface area (Å²) in [6.45, 7) is 1.76. The lowest BCUT2D eigenvalue weighted by atomic mass is 10.2. The van der Waals surface area contributed by atoms with Gasteiger partial charge in [-0.15, -0.1) is 0 Å². The number of rotatable bonds is 5. The van der Waals surface area contributed by atoms with Crippen LogP contribution in [0.3, 0.4) is 0 Å². The normalized spacial score (nSPS) is 11.1. The fourth-order valence-corrected chi connectivity index (χ4v) is 3.07. The number of sulfonamides is 1. The van der Waals surface area contributed by atoms with Crippen LogP contribution in [0, 0.1) is 6.92 Å². The molecule has 0 saturated carbocycles.